The number of H-pyrrole nitrogens is 2. The molecule has 188 valence electrons. The number of hydrogen-bond donors (Lipinski definition) is 5. The van der Waals surface area contributed by atoms with Gasteiger partial charge >= 0.3 is 5.97 Å². The molecule has 9 nitrogen and oxygen atoms in total. The molecule has 0 aliphatic heterocycles. The second-order valence-corrected chi connectivity index (χ2v) is 8.69. The number of allylic oxidation sites excluding steroid dienone is 1. The van der Waals surface area contributed by atoms with Gasteiger partial charge in [0, 0.05) is 39.8 Å². The van der Waals surface area contributed by atoms with Gasteiger partial charge in [-0.25, -0.2) is 4.79 Å². The average molecular weight is 501 g/mol. The maximum atomic E-state index is 13.5. The maximum absolute atomic E-state index is 13.5. The molecular formula is C28H24N2O7. The highest BCUT2D eigenvalue weighted by Crippen LogP contribution is 2.43. The number of furan rings is 1. The van der Waals surface area contributed by atoms with E-state index in [1.165, 1.54) is 13.3 Å². The van der Waals surface area contributed by atoms with Gasteiger partial charge in [0.15, 0.2) is 5.75 Å². The first-order valence-electron chi connectivity index (χ1n) is 11.5. The number of aromatic hydroxyl groups is 1. The summed E-state index contributed by atoms with van der Waals surface area (Å²) in [4.78, 5) is 31.8. The van der Waals surface area contributed by atoms with Crippen LogP contribution in [0.25, 0.3) is 32.9 Å². The Balaban J connectivity index is 1.62. The number of aromatic amines is 2. The Kier molecular flexibility index (Phi) is 6.06. The molecule has 5 rings (SSSR count). The molecule has 5 aromatic rings. The summed E-state index contributed by atoms with van der Waals surface area (Å²) in [5, 5.41) is 31.4. The van der Waals surface area contributed by atoms with Crippen LogP contribution in [0.1, 0.15) is 39.2 Å². The zero-order chi connectivity index (χ0) is 26.3. The Morgan fingerprint density at radius 3 is 2.62 bits per heavy atom. The number of aromatic nitrogens is 2. The molecule has 0 bridgehead atoms. The average Bonchev–Trinajstić information content (AvgIpc) is 3.61. The maximum Gasteiger partial charge on any atom is 0.372 e. The number of benzene rings is 2. The summed E-state index contributed by atoms with van der Waals surface area (Å²) in [6, 6.07) is 10.7. The van der Waals surface area contributed by atoms with Crippen LogP contribution in [0.4, 0.5) is 0 Å². The van der Waals surface area contributed by atoms with Crippen molar-refractivity contribution in [2.75, 3.05) is 13.7 Å². The zero-order valence-electron chi connectivity index (χ0n) is 20.1. The molecular weight excluding hydrogens is 476 g/mol. The summed E-state index contributed by atoms with van der Waals surface area (Å²) >= 11 is 0. The van der Waals surface area contributed by atoms with E-state index in [4.69, 9.17) is 9.15 Å². The van der Waals surface area contributed by atoms with E-state index in [1.807, 2.05) is 19.1 Å². The Labute approximate surface area is 210 Å². The highest BCUT2D eigenvalue weighted by molar-refractivity contribution is 6.18. The summed E-state index contributed by atoms with van der Waals surface area (Å²) in [6.45, 7) is 1.78. The smallest absolute Gasteiger partial charge is 0.372 e. The summed E-state index contributed by atoms with van der Waals surface area (Å²) < 4.78 is 10.8. The highest BCUT2D eigenvalue weighted by atomic mass is 16.5. The van der Waals surface area contributed by atoms with Gasteiger partial charge in [-0.2, -0.15) is 0 Å². The standard InChI is InChI=1S/C28H24N2O7/c1-14(13-31)6-7-15-4-3-5-17-20(12-30-23(15)17)24(32)27-25(33)22(26(37-27)28(34)35)19-11-29-21-9-8-16(36-2)10-18(19)21/h3-6,8-12,29-31,33H,7,13H2,1-2H3,(H,34,35)/b14-6-. The van der Waals surface area contributed by atoms with Crippen LogP contribution in [-0.2, 0) is 6.42 Å². The summed E-state index contributed by atoms with van der Waals surface area (Å²) in [7, 11) is 1.51. The normalized spacial score (nSPS) is 11.9. The van der Waals surface area contributed by atoms with Gasteiger partial charge in [-0.1, -0.05) is 29.8 Å². The molecule has 9 heteroatoms. The Hall–Kier alpha value is -4.76. The molecule has 37 heavy (non-hydrogen) atoms. The van der Waals surface area contributed by atoms with Gasteiger partial charge in [0.2, 0.25) is 17.3 Å². The number of aliphatic hydroxyl groups excluding tert-OH is 1. The van der Waals surface area contributed by atoms with Gasteiger partial charge in [-0.05, 0) is 37.1 Å². The predicted molar refractivity (Wildman–Crippen MR) is 137 cm³/mol. The van der Waals surface area contributed by atoms with Crippen molar-refractivity contribution in [3.8, 4) is 22.6 Å². The van der Waals surface area contributed by atoms with Crippen LogP contribution in [0, 0.1) is 0 Å². The molecule has 2 aromatic carbocycles. The summed E-state index contributed by atoms with van der Waals surface area (Å²) in [5.74, 6) is -3.11. The lowest BCUT2D eigenvalue weighted by molar-refractivity contribution is 0.0661. The number of rotatable bonds is 8. The molecule has 0 saturated heterocycles. The van der Waals surface area contributed by atoms with Crippen LogP contribution in [0.15, 0.2) is 64.9 Å². The summed E-state index contributed by atoms with van der Waals surface area (Å²) in [5.41, 5.74) is 3.64. The largest absolute Gasteiger partial charge is 0.504 e. The van der Waals surface area contributed by atoms with Crippen molar-refractivity contribution < 1.29 is 34.1 Å². The second-order valence-electron chi connectivity index (χ2n) is 8.69. The van der Waals surface area contributed by atoms with Crippen molar-refractivity contribution in [3.05, 3.63) is 83.1 Å². The van der Waals surface area contributed by atoms with E-state index in [-0.39, 0.29) is 17.7 Å². The Morgan fingerprint density at radius 2 is 1.89 bits per heavy atom. The second kappa shape index (κ2) is 9.36. The van der Waals surface area contributed by atoms with Gasteiger partial charge in [0.25, 0.3) is 0 Å². The fourth-order valence-corrected chi connectivity index (χ4v) is 4.46. The van der Waals surface area contributed by atoms with Crippen molar-refractivity contribution >= 4 is 33.6 Å². The third-order valence-corrected chi connectivity index (χ3v) is 6.41. The van der Waals surface area contributed by atoms with E-state index in [9.17, 15) is 24.9 Å². The van der Waals surface area contributed by atoms with Crippen molar-refractivity contribution in [2.45, 2.75) is 13.3 Å². The van der Waals surface area contributed by atoms with Crippen LogP contribution in [0.5, 0.6) is 11.5 Å². The summed E-state index contributed by atoms with van der Waals surface area (Å²) in [6.07, 6.45) is 5.51. The number of carboxylic acid groups (broad SMARTS) is 1. The third kappa shape index (κ3) is 4.05. The van der Waals surface area contributed by atoms with Gasteiger partial charge in [-0.15, -0.1) is 0 Å². The van der Waals surface area contributed by atoms with Crippen LogP contribution >= 0.6 is 0 Å². The number of aliphatic hydroxyl groups is 1. The number of ether oxygens (including phenoxy) is 1. The van der Waals surface area contributed by atoms with Gasteiger partial charge in [0.05, 0.1) is 24.8 Å². The number of aromatic carboxylic acids is 1. The molecule has 5 N–H and O–H groups in total. The number of para-hydroxylation sites is 1. The first-order valence-corrected chi connectivity index (χ1v) is 11.5. The Morgan fingerprint density at radius 1 is 1.08 bits per heavy atom. The molecule has 0 amide bonds. The molecule has 0 aliphatic carbocycles. The van der Waals surface area contributed by atoms with E-state index in [0.29, 0.717) is 34.0 Å². The molecule has 0 saturated carbocycles. The fraction of sp³-hybridized carbons (Fsp3) is 0.143. The van der Waals surface area contributed by atoms with Crippen molar-refractivity contribution in [1.82, 2.24) is 9.97 Å². The first-order chi connectivity index (χ1) is 17.8. The topological polar surface area (TPSA) is 149 Å². The lowest BCUT2D eigenvalue weighted by Crippen LogP contribution is -1.99. The number of ketones is 1. The lowest BCUT2D eigenvalue weighted by atomic mass is 10.0. The lowest BCUT2D eigenvalue weighted by Gasteiger charge is -2.03. The molecule has 3 heterocycles. The number of methoxy groups -OCH3 is 1. The van der Waals surface area contributed by atoms with Crippen LogP contribution in [0.2, 0.25) is 0 Å². The van der Waals surface area contributed by atoms with Crippen LogP contribution < -0.4 is 4.74 Å². The van der Waals surface area contributed by atoms with E-state index in [2.05, 4.69) is 9.97 Å². The number of nitrogens with one attached hydrogen (secondary N) is 2. The Bertz CT molecular complexity index is 1700. The molecule has 0 spiro atoms. The minimum absolute atomic E-state index is 0.0420. The van der Waals surface area contributed by atoms with E-state index in [1.54, 1.807) is 36.5 Å². The minimum atomic E-state index is -1.42. The number of carbonyl (C=O) groups excluding carboxylic acids is 1. The predicted octanol–water partition coefficient (Wildman–Crippen LogP) is 5.03. The van der Waals surface area contributed by atoms with E-state index in [0.717, 1.165) is 16.7 Å². The number of carboxylic acids is 1. The molecule has 3 aromatic heterocycles. The van der Waals surface area contributed by atoms with E-state index >= 15 is 0 Å². The van der Waals surface area contributed by atoms with Crippen LogP contribution in [0.3, 0.4) is 0 Å². The van der Waals surface area contributed by atoms with Crippen molar-refractivity contribution in [2.24, 2.45) is 0 Å². The van der Waals surface area contributed by atoms with Crippen molar-refractivity contribution in [1.29, 1.82) is 0 Å². The van der Waals surface area contributed by atoms with Crippen LogP contribution in [-0.4, -0.2) is 50.8 Å². The monoisotopic (exact) mass is 500 g/mol. The number of fused-ring (bicyclic) bond motifs is 2. The highest BCUT2D eigenvalue weighted by Gasteiger charge is 2.32. The fourth-order valence-electron chi connectivity index (χ4n) is 4.46. The number of hydrogen-bond acceptors (Lipinski definition) is 6. The van der Waals surface area contributed by atoms with Gasteiger partial charge < -0.3 is 34.4 Å². The molecule has 0 unspecified atom stereocenters. The zero-order valence-corrected chi connectivity index (χ0v) is 20.1. The quantitative estimate of drug-likeness (QED) is 0.148. The SMILES string of the molecule is COc1ccc2[nH]cc(-c3c(C(=O)O)oc(C(=O)c4c[nH]c5c(C/C=C(/C)CO)cccc45)c3O)c2c1. The molecule has 0 aliphatic rings. The molecule has 0 fully saturated rings. The first kappa shape index (κ1) is 24.0. The van der Waals surface area contributed by atoms with E-state index < -0.39 is 29.0 Å². The molecule has 0 atom stereocenters. The van der Waals surface area contributed by atoms with Gasteiger partial charge in [0.1, 0.15) is 5.75 Å². The van der Waals surface area contributed by atoms with Crippen molar-refractivity contribution in [3.63, 3.8) is 0 Å². The third-order valence-electron chi connectivity index (χ3n) is 6.41. The molecule has 0 radical (unpaired) electrons. The minimum Gasteiger partial charge on any atom is -0.504 e. The number of carbonyl (C=O) groups is 2. The van der Waals surface area contributed by atoms with Gasteiger partial charge in [-0.3, -0.25) is 4.79 Å².